The van der Waals surface area contributed by atoms with Crippen LogP contribution in [-0.2, 0) is 4.74 Å². The van der Waals surface area contributed by atoms with E-state index in [1.165, 1.54) is 25.7 Å². The van der Waals surface area contributed by atoms with Crippen molar-refractivity contribution in [2.45, 2.75) is 50.7 Å². The largest absolute Gasteiger partial charge is 0.388 e. The van der Waals surface area contributed by atoms with Crippen LogP contribution in [-0.4, -0.2) is 48.0 Å². The molecule has 0 amide bonds. The van der Waals surface area contributed by atoms with E-state index < -0.39 is 5.60 Å². The van der Waals surface area contributed by atoms with E-state index >= 15 is 0 Å². The van der Waals surface area contributed by atoms with Crippen LogP contribution >= 0.6 is 0 Å². The molecular weight excluding hydrogens is 190 g/mol. The van der Waals surface area contributed by atoms with Crippen LogP contribution in [0.3, 0.4) is 0 Å². The molecule has 1 N–H and O–H groups in total. The lowest BCUT2D eigenvalue weighted by atomic mass is 9.90. The maximum atomic E-state index is 10.4. The molecule has 0 spiro atoms. The number of rotatable bonds is 1. The van der Waals surface area contributed by atoms with Gasteiger partial charge in [-0.2, -0.15) is 0 Å². The zero-order chi connectivity index (χ0) is 10.7. The fourth-order valence-corrected chi connectivity index (χ4v) is 2.73. The standard InChI is InChI=1S/C12H23NO2/c1-12(14)6-9-15-10-11(12)13-7-4-2-3-5-8-13/h11,14H,2-10H2,1H3. The van der Waals surface area contributed by atoms with Crippen LogP contribution < -0.4 is 0 Å². The van der Waals surface area contributed by atoms with Gasteiger partial charge in [0.25, 0.3) is 0 Å². The SMILES string of the molecule is CC1(O)CCOCC1N1CCCCCC1. The lowest BCUT2D eigenvalue weighted by Crippen LogP contribution is -2.56. The van der Waals surface area contributed by atoms with Gasteiger partial charge in [-0.1, -0.05) is 12.8 Å². The number of likely N-dealkylation sites (tertiary alicyclic amines) is 1. The number of hydrogen-bond acceptors (Lipinski definition) is 3. The van der Waals surface area contributed by atoms with Crippen LogP contribution in [0.5, 0.6) is 0 Å². The Morgan fingerprint density at radius 1 is 1.20 bits per heavy atom. The maximum absolute atomic E-state index is 10.4. The second-order valence-electron chi connectivity index (χ2n) is 5.15. The van der Waals surface area contributed by atoms with E-state index in [0.29, 0.717) is 13.2 Å². The zero-order valence-corrected chi connectivity index (χ0v) is 9.74. The number of ether oxygens (including phenoxy) is 1. The van der Waals surface area contributed by atoms with Gasteiger partial charge in [-0.3, -0.25) is 4.90 Å². The topological polar surface area (TPSA) is 32.7 Å². The Labute approximate surface area is 92.4 Å². The molecule has 2 atom stereocenters. The predicted molar refractivity (Wildman–Crippen MR) is 59.9 cm³/mol. The first-order valence-electron chi connectivity index (χ1n) is 6.24. The summed E-state index contributed by atoms with van der Waals surface area (Å²) < 4.78 is 5.51. The van der Waals surface area contributed by atoms with Gasteiger partial charge in [0.05, 0.1) is 18.2 Å². The van der Waals surface area contributed by atoms with Crippen molar-refractivity contribution < 1.29 is 9.84 Å². The first kappa shape index (κ1) is 11.4. The molecule has 2 heterocycles. The zero-order valence-electron chi connectivity index (χ0n) is 9.74. The minimum atomic E-state index is -0.553. The summed E-state index contributed by atoms with van der Waals surface area (Å²) in [5, 5.41) is 10.4. The van der Waals surface area contributed by atoms with Crippen LogP contribution in [0, 0.1) is 0 Å². The molecule has 2 aliphatic heterocycles. The van der Waals surface area contributed by atoms with Crippen LogP contribution in [0.15, 0.2) is 0 Å². The lowest BCUT2D eigenvalue weighted by Gasteiger charge is -2.43. The molecule has 0 radical (unpaired) electrons. The summed E-state index contributed by atoms with van der Waals surface area (Å²) in [6.45, 7) is 5.63. The smallest absolute Gasteiger partial charge is 0.0818 e. The van der Waals surface area contributed by atoms with E-state index in [1.807, 2.05) is 6.92 Å². The lowest BCUT2D eigenvalue weighted by molar-refractivity contribution is -0.118. The highest BCUT2D eigenvalue weighted by Crippen LogP contribution is 2.26. The molecule has 0 aromatic heterocycles. The first-order valence-corrected chi connectivity index (χ1v) is 6.24. The molecule has 2 saturated heterocycles. The van der Waals surface area contributed by atoms with Gasteiger partial charge in [-0.05, 0) is 32.9 Å². The Hall–Kier alpha value is -0.120. The monoisotopic (exact) mass is 213 g/mol. The summed E-state index contributed by atoms with van der Waals surface area (Å²) in [7, 11) is 0. The molecule has 0 bridgehead atoms. The van der Waals surface area contributed by atoms with Crippen molar-refractivity contribution in [3.05, 3.63) is 0 Å². The van der Waals surface area contributed by atoms with E-state index in [1.54, 1.807) is 0 Å². The van der Waals surface area contributed by atoms with E-state index in [-0.39, 0.29) is 6.04 Å². The normalized spacial score (nSPS) is 40.0. The third kappa shape index (κ3) is 2.71. The quantitative estimate of drug-likeness (QED) is 0.714. The third-order valence-corrected chi connectivity index (χ3v) is 3.83. The van der Waals surface area contributed by atoms with E-state index in [0.717, 1.165) is 19.5 Å². The molecule has 0 saturated carbocycles. The molecule has 3 nitrogen and oxygen atoms in total. The Kier molecular flexibility index (Phi) is 3.65. The highest BCUT2D eigenvalue weighted by molar-refractivity contribution is 4.92. The summed E-state index contributed by atoms with van der Waals surface area (Å²) in [5.74, 6) is 0. The summed E-state index contributed by atoms with van der Waals surface area (Å²) in [4.78, 5) is 2.44. The van der Waals surface area contributed by atoms with Gasteiger partial charge in [0.15, 0.2) is 0 Å². The number of hydrogen-bond donors (Lipinski definition) is 1. The van der Waals surface area contributed by atoms with Crippen molar-refractivity contribution in [3.8, 4) is 0 Å². The molecule has 15 heavy (non-hydrogen) atoms. The summed E-state index contributed by atoms with van der Waals surface area (Å²) in [6, 6.07) is 0.212. The van der Waals surface area contributed by atoms with Crippen LogP contribution in [0.1, 0.15) is 39.0 Å². The molecule has 2 unspecified atom stereocenters. The first-order chi connectivity index (χ1) is 7.20. The average Bonchev–Trinajstić information content (AvgIpc) is 2.45. The Morgan fingerprint density at radius 3 is 2.47 bits per heavy atom. The van der Waals surface area contributed by atoms with Crippen molar-refractivity contribution in [1.29, 1.82) is 0 Å². The van der Waals surface area contributed by atoms with Gasteiger partial charge >= 0.3 is 0 Å². The second-order valence-corrected chi connectivity index (χ2v) is 5.15. The molecule has 3 heteroatoms. The highest BCUT2D eigenvalue weighted by atomic mass is 16.5. The fraction of sp³-hybridized carbons (Fsp3) is 1.00. The van der Waals surface area contributed by atoms with E-state index in [9.17, 15) is 5.11 Å². The van der Waals surface area contributed by atoms with Crippen molar-refractivity contribution in [1.82, 2.24) is 4.90 Å². The van der Waals surface area contributed by atoms with Crippen LogP contribution in [0.2, 0.25) is 0 Å². The van der Waals surface area contributed by atoms with Crippen molar-refractivity contribution in [2.24, 2.45) is 0 Å². The average molecular weight is 213 g/mol. The third-order valence-electron chi connectivity index (χ3n) is 3.83. The molecule has 2 rings (SSSR count). The molecule has 2 aliphatic rings. The van der Waals surface area contributed by atoms with Crippen molar-refractivity contribution >= 4 is 0 Å². The number of aliphatic hydroxyl groups is 1. The molecule has 0 aromatic rings. The highest BCUT2D eigenvalue weighted by Gasteiger charge is 2.38. The van der Waals surface area contributed by atoms with Gasteiger partial charge in [-0.25, -0.2) is 0 Å². The van der Waals surface area contributed by atoms with Gasteiger partial charge in [0.1, 0.15) is 0 Å². The molecule has 0 aromatic carbocycles. The second kappa shape index (κ2) is 4.81. The van der Waals surface area contributed by atoms with E-state index in [4.69, 9.17) is 4.74 Å². The maximum Gasteiger partial charge on any atom is 0.0818 e. The minimum Gasteiger partial charge on any atom is -0.388 e. The summed E-state index contributed by atoms with van der Waals surface area (Å²) in [5.41, 5.74) is -0.553. The fourth-order valence-electron chi connectivity index (χ4n) is 2.73. The van der Waals surface area contributed by atoms with Crippen molar-refractivity contribution in [2.75, 3.05) is 26.3 Å². The number of nitrogens with zero attached hydrogens (tertiary/aromatic N) is 1. The molecular formula is C12H23NO2. The van der Waals surface area contributed by atoms with Crippen LogP contribution in [0.4, 0.5) is 0 Å². The van der Waals surface area contributed by atoms with Gasteiger partial charge in [0.2, 0.25) is 0 Å². The summed E-state index contributed by atoms with van der Waals surface area (Å²) >= 11 is 0. The van der Waals surface area contributed by atoms with Crippen molar-refractivity contribution in [3.63, 3.8) is 0 Å². The Balaban J connectivity index is 1.99. The summed E-state index contributed by atoms with van der Waals surface area (Å²) in [6.07, 6.45) is 5.99. The van der Waals surface area contributed by atoms with E-state index in [2.05, 4.69) is 4.90 Å². The minimum absolute atomic E-state index is 0.212. The van der Waals surface area contributed by atoms with Gasteiger partial charge < -0.3 is 9.84 Å². The Bertz CT molecular complexity index is 198. The van der Waals surface area contributed by atoms with Crippen LogP contribution in [0.25, 0.3) is 0 Å². The molecule has 0 aliphatic carbocycles. The van der Waals surface area contributed by atoms with Gasteiger partial charge in [0, 0.05) is 13.0 Å². The molecule has 2 fully saturated rings. The predicted octanol–water partition coefficient (Wildman–Crippen LogP) is 1.40. The van der Waals surface area contributed by atoms with Gasteiger partial charge in [-0.15, -0.1) is 0 Å². The Morgan fingerprint density at radius 2 is 1.87 bits per heavy atom. The molecule has 88 valence electrons.